The molecule has 7 heteroatoms. The van der Waals surface area contributed by atoms with Gasteiger partial charge in [-0.15, -0.1) is 12.6 Å². The molecule has 2 aromatic carbocycles. The summed E-state index contributed by atoms with van der Waals surface area (Å²) >= 11 is 9.76. The number of nitrogens with one attached hydrogen (secondary N) is 2. The van der Waals surface area contributed by atoms with E-state index < -0.39 is 11.1 Å². The molecule has 120 valence electrons. The lowest BCUT2D eigenvalue weighted by Crippen LogP contribution is -2.17. The zero-order valence-corrected chi connectivity index (χ0v) is 13.9. The molecule has 1 heterocycles. The number of hydrogen-bond donors (Lipinski definition) is 3. The number of H-pyrrole nitrogens is 1. The Morgan fingerprint density at radius 3 is 2.67 bits per heavy atom. The van der Waals surface area contributed by atoms with Crippen molar-refractivity contribution in [3.63, 3.8) is 0 Å². The largest absolute Gasteiger partial charge is 0.318 e. The molecular weight excluding hydrogens is 346 g/mol. The molecule has 5 nitrogen and oxygen atoms in total. The van der Waals surface area contributed by atoms with Crippen molar-refractivity contribution in [2.75, 3.05) is 5.32 Å². The maximum absolute atomic E-state index is 11.5. The van der Waals surface area contributed by atoms with E-state index in [1.165, 1.54) is 0 Å². The molecule has 1 aromatic heterocycles. The van der Waals surface area contributed by atoms with E-state index in [1.54, 1.807) is 18.3 Å². The Hall–Kier alpha value is -2.57. The normalized spacial score (nSPS) is 11.5. The summed E-state index contributed by atoms with van der Waals surface area (Å²) in [5.74, 6) is -0.891. The first-order valence-corrected chi connectivity index (χ1v) is 7.81. The lowest BCUT2D eigenvalue weighted by atomic mass is 10.1. The van der Waals surface area contributed by atoms with Gasteiger partial charge in [0.25, 0.3) is 0 Å². The number of nitrogens with zero attached hydrogens (tertiary/aromatic N) is 1. The number of aromatic amines is 1. The lowest BCUT2D eigenvalue weighted by molar-refractivity contribution is -0.130. The Balaban J connectivity index is 2.06. The number of thiol groups is 1. The standard InChI is InChI=1S/C17H12ClN3O2S/c18-16(22)17(23)20-12-7-11-9-19-21-15(11)13(8-12)14(24)6-10-4-2-1-3-5-10/h1-9,24H,(H,19,21)(H,20,23)/b14-6-. The van der Waals surface area contributed by atoms with Gasteiger partial charge in [0.2, 0.25) is 0 Å². The zero-order chi connectivity index (χ0) is 17.1. The van der Waals surface area contributed by atoms with E-state index in [2.05, 4.69) is 28.1 Å². The van der Waals surface area contributed by atoms with Gasteiger partial charge in [-0.1, -0.05) is 30.3 Å². The van der Waals surface area contributed by atoms with Crippen LogP contribution in [0.5, 0.6) is 0 Å². The van der Waals surface area contributed by atoms with E-state index in [4.69, 9.17) is 11.6 Å². The van der Waals surface area contributed by atoms with Gasteiger partial charge in [0.1, 0.15) is 0 Å². The molecule has 0 spiro atoms. The number of fused-ring (bicyclic) bond motifs is 1. The number of carbonyl (C=O) groups is 2. The fourth-order valence-corrected chi connectivity index (χ4v) is 2.67. The summed E-state index contributed by atoms with van der Waals surface area (Å²) in [6.07, 6.45) is 3.53. The minimum absolute atomic E-state index is 0.436. The van der Waals surface area contributed by atoms with Gasteiger partial charge in [-0.05, 0) is 35.4 Å². The zero-order valence-electron chi connectivity index (χ0n) is 12.3. The topological polar surface area (TPSA) is 74.8 Å². The van der Waals surface area contributed by atoms with E-state index in [9.17, 15) is 9.59 Å². The summed E-state index contributed by atoms with van der Waals surface area (Å²) < 4.78 is 0. The highest BCUT2D eigenvalue weighted by Gasteiger charge is 2.13. The van der Waals surface area contributed by atoms with Crippen LogP contribution in [-0.2, 0) is 9.59 Å². The van der Waals surface area contributed by atoms with Crippen LogP contribution >= 0.6 is 24.2 Å². The number of halogens is 1. The number of aromatic nitrogens is 2. The molecular formula is C17H12ClN3O2S. The molecule has 3 aromatic rings. The van der Waals surface area contributed by atoms with Gasteiger partial charge < -0.3 is 5.32 Å². The van der Waals surface area contributed by atoms with Crippen molar-refractivity contribution in [1.29, 1.82) is 0 Å². The number of benzene rings is 2. The summed E-state index contributed by atoms with van der Waals surface area (Å²) in [5.41, 5.74) is 2.95. The maximum atomic E-state index is 11.5. The van der Waals surface area contributed by atoms with Gasteiger partial charge in [-0.25, -0.2) is 0 Å². The van der Waals surface area contributed by atoms with Crippen LogP contribution < -0.4 is 5.32 Å². The quantitative estimate of drug-likeness (QED) is 0.288. The molecule has 0 saturated carbocycles. The Morgan fingerprint density at radius 1 is 1.21 bits per heavy atom. The van der Waals surface area contributed by atoms with Crippen LogP contribution in [0.2, 0.25) is 0 Å². The summed E-state index contributed by atoms with van der Waals surface area (Å²) in [5, 5.41) is 9.09. The Bertz CT molecular complexity index is 951. The predicted octanol–water partition coefficient (Wildman–Crippen LogP) is 3.69. The number of rotatable bonds is 4. The molecule has 0 atom stereocenters. The van der Waals surface area contributed by atoms with Crippen LogP contribution in [0.1, 0.15) is 11.1 Å². The summed E-state index contributed by atoms with van der Waals surface area (Å²) in [6.45, 7) is 0. The second-order valence-corrected chi connectivity index (χ2v) is 5.85. The van der Waals surface area contributed by atoms with Crippen molar-refractivity contribution >= 4 is 63.0 Å². The van der Waals surface area contributed by atoms with E-state index in [1.807, 2.05) is 36.4 Å². The smallest absolute Gasteiger partial charge is 0.310 e. The first-order valence-electron chi connectivity index (χ1n) is 6.98. The molecule has 24 heavy (non-hydrogen) atoms. The Labute approximate surface area is 148 Å². The number of carbonyl (C=O) groups excluding carboxylic acids is 2. The molecule has 0 unspecified atom stereocenters. The van der Waals surface area contributed by atoms with Gasteiger partial charge in [-0.3, -0.25) is 14.7 Å². The predicted molar refractivity (Wildman–Crippen MR) is 98.9 cm³/mol. The van der Waals surface area contributed by atoms with Gasteiger partial charge in [0.15, 0.2) is 0 Å². The van der Waals surface area contributed by atoms with E-state index in [-0.39, 0.29) is 0 Å². The third-order valence-electron chi connectivity index (χ3n) is 3.36. The van der Waals surface area contributed by atoms with E-state index in [0.717, 1.165) is 22.0 Å². The fraction of sp³-hybridized carbons (Fsp3) is 0. The summed E-state index contributed by atoms with van der Waals surface area (Å²) in [6, 6.07) is 13.1. The Kier molecular flexibility index (Phi) is 4.69. The second-order valence-electron chi connectivity index (χ2n) is 5.03. The Morgan fingerprint density at radius 2 is 1.96 bits per heavy atom. The van der Waals surface area contributed by atoms with E-state index >= 15 is 0 Å². The molecule has 0 aliphatic heterocycles. The van der Waals surface area contributed by atoms with Crippen LogP contribution in [0.3, 0.4) is 0 Å². The minimum atomic E-state index is -1.07. The summed E-state index contributed by atoms with van der Waals surface area (Å²) in [4.78, 5) is 23.1. The molecule has 0 fully saturated rings. The molecule has 0 saturated heterocycles. The highest BCUT2D eigenvalue weighted by atomic mass is 35.5. The van der Waals surface area contributed by atoms with Gasteiger partial charge >= 0.3 is 11.1 Å². The molecule has 1 amide bonds. The van der Waals surface area contributed by atoms with Crippen molar-refractivity contribution in [1.82, 2.24) is 10.2 Å². The fourth-order valence-electron chi connectivity index (χ4n) is 2.30. The average molecular weight is 358 g/mol. The molecule has 0 aliphatic rings. The summed E-state index contributed by atoms with van der Waals surface area (Å²) in [7, 11) is 0. The SMILES string of the molecule is O=C(Cl)C(=O)Nc1cc(/C(S)=C/c2ccccc2)c2[nH]ncc2c1. The third-order valence-corrected chi connectivity index (χ3v) is 3.91. The van der Waals surface area contributed by atoms with E-state index in [0.29, 0.717) is 10.6 Å². The molecule has 0 aliphatic carbocycles. The number of hydrogen-bond acceptors (Lipinski definition) is 4. The lowest BCUT2D eigenvalue weighted by Gasteiger charge is -2.08. The maximum Gasteiger partial charge on any atom is 0.310 e. The van der Waals surface area contributed by atoms with Crippen LogP contribution in [0.15, 0.2) is 48.7 Å². The van der Waals surface area contributed by atoms with Gasteiger partial charge in [-0.2, -0.15) is 5.10 Å². The second kappa shape index (κ2) is 6.90. The first-order chi connectivity index (χ1) is 11.5. The van der Waals surface area contributed by atoms with Crippen LogP contribution in [-0.4, -0.2) is 21.3 Å². The third kappa shape index (κ3) is 3.50. The highest BCUT2D eigenvalue weighted by Crippen LogP contribution is 2.31. The first kappa shape index (κ1) is 16.3. The van der Waals surface area contributed by atoms with Crippen LogP contribution in [0.25, 0.3) is 21.9 Å². The monoisotopic (exact) mass is 357 g/mol. The molecule has 2 N–H and O–H groups in total. The molecule has 0 radical (unpaired) electrons. The highest BCUT2D eigenvalue weighted by molar-refractivity contribution is 7.90. The minimum Gasteiger partial charge on any atom is -0.318 e. The van der Waals surface area contributed by atoms with Gasteiger partial charge in [0, 0.05) is 21.5 Å². The van der Waals surface area contributed by atoms with Crippen molar-refractivity contribution in [3.8, 4) is 0 Å². The van der Waals surface area contributed by atoms with Crippen molar-refractivity contribution in [2.45, 2.75) is 0 Å². The van der Waals surface area contributed by atoms with Crippen LogP contribution in [0, 0.1) is 0 Å². The number of anilines is 1. The molecule has 0 bridgehead atoms. The van der Waals surface area contributed by atoms with Gasteiger partial charge in [0.05, 0.1) is 11.7 Å². The number of amides is 1. The average Bonchev–Trinajstić information content (AvgIpc) is 3.03. The molecule has 3 rings (SSSR count). The van der Waals surface area contributed by atoms with Crippen molar-refractivity contribution in [2.24, 2.45) is 0 Å². The van der Waals surface area contributed by atoms with Crippen LogP contribution in [0.4, 0.5) is 5.69 Å². The van der Waals surface area contributed by atoms with Crippen molar-refractivity contribution in [3.05, 3.63) is 59.8 Å². The van der Waals surface area contributed by atoms with Crippen molar-refractivity contribution < 1.29 is 9.59 Å².